The van der Waals surface area contributed by atoms with E-state index in [0.717, 1.165) is 6.42 Å². The third kappa shape index (κ3) is 3.21. The molecule has 20 heavy (non-hydrogen) atoms. The van der Waals surface area contributed by atoms with Crippen LogP contribution in [0, 0.1) is 5.82 Å². The molecule has 1 atom stereocenters. The summed E-state index contributed by atoms with van der Waals surface area (Å²) >= 11 is 0. The van der Waals surface area contributed by atoms with Crippen LogP contribution in [0.2, 0.25) is 0 Å². The summed E-state index contributed by atoms with van der Waals surface area (Å²) in [6.45, 7) is 5.95. The Bertz CT molecular complexity index is 510. The van der Waals surface area contributed by atoms with Gasteiger partial charge >= 0.3 is 6.09 Å². The minimum atomic E-state index is -0.575. The fourth-order valence-electron chi connectivity index (χ4n) is 2.42. The molecule has 1 saturated heterocycles. The first-order chi connectivity index (χ1) is 9.28. The maximum absolute atomic E-state index is 13.4. The van der Waals surface area contributed by atoms with Gasteiger partial charge in [-0.25, -0.2) is 9.18 Å². The smallest absolute Gasteiger partial charge is 0.410 e. The highest BCUT2D eigenvalue weighted by Gasteiger charge is 2.34. The van der Waals surface area contributed by atoms with Crippen LogP contribution in [0.5, 0.6) is 5.75 Å². The van der Waals surface area contributed by atoms with Crippen LogP contribution in [0.15, 0.2) is 18.2 Å². The molecule has 0 unspecified atom stereocenters. The van der Waals surface area contributed by atoms with Gasteiger partial charge in [0.1, 0.15) is 17.2 Å². The summed E-state index contributed by atoms with van der Waals surface area (Å²) in [5.74, 6) is -0.416. The Balaban J connectivity index is 2.23. The van der Waals surface area contributed by atoms with Crippen molar-refractivity contribution in [1.29, 1.82) is 0 Å². The Hall–Kier alpha value is -1.78. The molecule has 1 heterocycles. The standard InChI is InChI=1S/C15H20FNO3/c1-15(2,3)20-14(19)17-8-4-5-12(17)11-9-10(16)6-7-13(11)18/h6-7,9,12,18H,4-5,8H2,1-3H3/t12-/m1/s1. The van der Waals surface area contributed by atoms with E-state index in [2.05, 4.69) is 0 Å². The average molecular weight is 281 g/mol. The van der Waals surface area contributed by atoms with Crippen LogP contribution in [-0.2, 0) is 4.74 Å². The van der Waals surface area contributed by atoms with E-state index in [4.69, 9.17) is 4.74 Å². The number of likely N-dealkylation sites (tertiary alicyclic amines) is 1. The third-order valence-corrected chi connectivity index (χ3v) is 3.23. The van der Waals surface area contributed by atoms with Gasteiger partial charge in [0.25, 0.3) is 0 Å². The number of carbonyl (C=O) groups is 1. The Labute approximate surface area is 118 Å². The zero-order valence-electron chi connectivity index (χ0n) is 12.0. The van der Waals surface area contributed by atoms with Gasteiger partial charge in [-0.3, -0.25) is 0 Å². The lowest BCUT2D eigenvalue weighted by Crippen LogP contribution is -2.36. The molecule has 0 spiro atoms. The first-order valence-corrected chi connectivity index (χ1v) is 6.76. The lowest BCUT2D eigenvalue weighted by atomic mass is 10.0. The summed E-state index contributed by atoms with van der Waals surface area (Å²) < 4.78 is 18.7. The number of phenolic OH excluding ortho intramolecular Hbond substituents is 1. The Morgan fingerprint density at radius 3 is 2.80 bits per heavy atom. The second-order valence-corrected chi connectivity index (χ2v) is 6.03. The fraction of sp³-hybridized carbons (Fsp3) is 0.533. The molecule has 1 aromatic carbocycles. The molecule has 2 rings (SSSR count). The number of benzene rings is 1. The quantitative estimate of drug-likeness (QED) is 0.855. The Kier molecular flexibility index (Phi) is 3.88. The molecule has 1 N–H and O–H groups in total. The lowest BCUT2D eigenvalue weighted by Gasteiger charge is -2.29. The lowest BCUT2D eigenvalue weighted by molar-refractivity contribution is 0.0223. The van der Waals surface area contributed by atoms with Gasteiger partial charge < -0.3 is 14.7 Å². The molecule has 1 aromatic rings. The first-order valence-electron chi connectivity index (χ1n) is 6.76. The van der Waals surface area contributed by atoms with Crippen molar-refractivity contribution in [2.75, 3.05) is 6.54 Å². The highest BCUT2D eigenvalue weighted by molar-refractivity contribution is 5.69. The number of rotatable bonds is 1. The summed E-state index contributed by atoms with van der Waals surface area (Å²) in [6, 6.07) is 3.46. The number of carbonyl (C=O) groups excluding carboxylic acids is 1. The monoisotopic (exact) mass is 281 g/mol. The van der Waals surface area contributed by atoms with Gasteiger partial charge in [-0.1, -0.05) is 0 Å². The van der Waals surface area contributed by atoms with E-state index < -0.39 is 17.5 Å². The van der Waals surface area contributed by atoms with Crippen molar-refractivity contribution in [3.05, 3.63) is 29.6 Å². The summed E-state index contributed by atoms with van der Waals surface area (Å²) in [6.07, 6.45) is 1.07. The number of hydrogen-bond acceptors (Lipinski definition) is 3. The first kappa shape index (κ1) is 14.6. The van der Waals surface area contributed by atoms with E-state index in [1.165, 1.54) is 18.2 Å². The maximum Gasteiger partial charge on any atom is 0.410 e. The predicted octanol–water partition coefficient (Wildman–Crippen LogP) is 3.60. The number of ether oxygens (including phenoxy) is 1. The van der Waals surface area contributed by atoms with Gasteiger partial charge in [-0.05, 0) is 51.8 Å². The molecule has 4 nitrogen and oxygen atoms in total. The zero-order chi connectivity index (χ0) is 14.9. The van der Waals surface area contributed by atoms with E-state index in [1.807, 2.05) is 0 Å². The Morgan fingerprint density at radius 1 is 1.45 bits per heavy atom. The number of halogens is 1. The molecular weight excluding hydrogens is 261 g/mol. The molecule has 1 fully saturated rings. The third-order valence-electron chi connectivity index (χ3n) is 3.23. The molecule has 0 aromatic heterocycles. The van der Waals surface area contributed by atoms with Crippen molar-refractivity contribution in [3.63, 3.8) is 0 Å². The normalized spacial score (nSPS) is 19.2. The van der Waals surface area contributed by atoms with Crippen LogP contribution in [0.3, 0.4) is 0 Å². The topological polar surface area (TPSA) is 49.8 Å². The van der Waals surface area contributed by atoms with Crippen LogP contribution in [-0.4, -0.2) is 28.2 Å². The SMILES string of the molecule is CC(C)(C)OC(=O)N1CCC[C@@H]1c1cc(F)ccc1O. The molecule has 1 aliphatic heterocycles. The molecular formula is C15H20FNO3. The van der Waals surface area contributed by atoms with Crippen molar-refractivity contribution < 1.29 is 19.0 Å². The number of phenols is 1. The zero-order valence-corrected chi connectivity index (χ0v) is 12.0. The van der Waals surface area contributed by atoms with E-state index >= 15 is 0 Å². The molecule has 1 amide bonds. The Morgan fingerprint density at radius 2 is 2.15 bits per heavy atom. The van der Waals surface area contributed by atoms with Gasteiger partial charge in [0.15, 0.2) is 0 Å². The molecule has 0 saturated carbocycles. The van der Waals surface area contributed by atoms with Crippen LogP contribution in [0.1, 0.15) is 45.2 Å². The van der Waals surface area contributed by atoms with Gasteiger partial charge in [-0.2, -0.15) is 0 Å². The van der Waals surface area contributed by atoms with Gasteiger partial charge in [-0.15, -0.1) is 0 Å². The van der Waals surface area contributed by atoms with E-state index in [1.54, 1.807) is 25.7 Å². The number of hydrogen-bond donors (Lipinski definition) is 1. The fourth-order valence-corrected chi connectivity index (χ4v) is 2.42. The van der Waals surface area contributed by atoms with Crippen molar-refractivity contribution >= 4 is 6.09 Å². The van der Waals surface area contributed by atoms with Gasteiger partial charge in [0.05, 0.1) is 6.04 Å². The van der Waals surface area contributed by atoms with Crippen LogP contribution in [0.25, 0.3) is 0 Å². The van der Waals surface area contributed by atoms with Crippen LogP contribution < -0.4 is 0 Å². The highest BCUT2D eigenvalue weighted by Crippen LogP contribution is 2.37. The van der Waals surface area contributed by atoms with E-state index in [9.17, 15) is 14.3 Å². The van der Waals surface area contributed by atoms with Crippen LogP contribution >= 0.6 is 0 Å². The van der Waals surface area contributed by atoms with Crippen molar-refractivity contribution in [2.45, 2.75) is 45.3 Å². The highest BCUT2D eigenvalue weighted by atomic mass is 19.1. The van der Waals surface area contributed by atoms with Crippen molar-refractivity contribution in [3.8, 4) is 5.75 Å². The molecule has 1 aliphatic rings. The largest absolute Gasteiger partial charge is 0.508 e. The number of aromatic hydroxyl groups is 1. The number of nitrogens with zero attached hydrogens (tertiary/aromatic N) is 1. The molecule has 0 bridgehead atoms. The predicted molar refractivity (Wildman–Crippen MR) is 73.0 cm³/mol. The molecule has 110 valence electrons. The second-order valence-electron chi connectivity index (χ2n) is 6.03. The maximum atomic E-state index is 13.4. The minimum absolute atomic E-state index is 0.00635. The second kappa shape index (κ2) is 5.31. The minimum Gasteiger partial charge on any atom is -0.508 e. The van der Waals surface area contributed by atoms with Gasteiger partial charge in [0.2, 0.25) is 0 Å². The van der Waals surface area contributed by atoms with Crippen molar-refractivity contribution in [2.24, 2.45) is 0 Å². The van der Waals surface area contributed by atoms with E-state index in [-0.39, 0.29) is 11.8 Å². The average Bonchev–Trinajstić information content (AvgIpc) is 2.79. The summed E-state index contributed by atoms with van der Waals surface area (Å²) in [7, 11) is 0. The summed E-state index contributed by atoms with van der Waals surface area (Å²) in [4.78, 5) is 13.7. The van der Waals surface area contributed by atoms with Crippen molar-refractivity contribution in [1.82, 2.24) is 4.90 Å². The molecule has 0 aliphatic carbocycles. The van der Waals surface area contributed by atoms with Crippen LogP contribution in [0.4, 0.5) is 9.18 Å². The summed E-state index contributed by atoms with van der Waals surface area (Å²) in [5, 5.41) is 9.88. The number of amides is 1. The van der Waals surface area contributed by atoms with E-state index in [0.29, 0.717) is 18.5 Å². The summed E-state index contributed by atoms with van der Waals surface area (Å²) in [5.41, 5.74) is -0.137. The van der Waals surface area contributed by atoms with Gasteiger partial charge in [0, 0.05) is 12.1 Å². The molecule has 5 heteroatoms. The molecule has 0 radical (unpaired) electrons.